The predicted molar refractivity (Wildman–Crippen MR) is 102 cm³/mol. The summed E-state index contributed by atoms with van der Waals surface area (Å²) in [6.07, 6.45) is 1.44. The number of hydrogen-bond donors (Lipinski definition) is 1. The van der Waals surface area contributed by atoms with Gasteiger partial charge in [-0.1, -0.05) is 32.0 Å². The fourth-order valence-corrected chi connectivity index (χ4v) is 2.95. The first-order valence-corrected chi connectivity index (χ1v) is 8.42. The monoisotopic (exact) mass is 351 g/mol. The summed E-state index contributed by atoms with van der Waals surface area (Å²) in [7, 11) is 1.57. The Hall–Kier alpha value is -3.15. The Labute approximate surface area is 151 Å². The summed E-state index contributed by atoms with van der Waals surface area (Å²) in [4.78, 5) is 30.1. The lowest BCUT2D eigenvalue weighted by molar-refractivity contribution is -0.120. The van der Waals surface area contributed by atoms with Gasteiger partial charge < -0.3 is 10.1 Å². The summed E-state index contributed by atoms with van der Waals surface area (Å²) in [5.74, 6) is 0.280. The van der Waals surface area contributed by atoms with Crippen LogP contribution in [0.15, 0.2) is 59.7 Å². The normalized spacial score (nSPS) is 12.2. The first kappa shape index (κ1) is 17.7. The lowest BCUT2D eigenvalue weighted by atomic mass is 10.0. The summed E-state index contributed by atoms with van der Waals surface area (Å²) in [6, 6.07) is 13.5. The molecule has 1 atom stereocenters. The molecule has 0 aliphatic carbocycles. The highest BCUT2D eigenvalue weighted by molar-refractivity contribution is 5.94. The lowest BCUT2D eigenvalue weighted by Gasteiger charge is -2.22. The van der Waals surface area contributed by atoms with Gasteiger partial charge >= 0.3 is 0 Å². The fourth-order valence-electron chi connectivity index (χ4n) is 2.95. The van der Waals surface area contributed by atoms with Gasteiger partial charge in [0.25, 0.3) is 5.56 Å². The second-order valence-electron chi connectivity index (χ2n) is 6.38. The van der Waals surface area contributed by atoms with Crippen molar-refractivity contribution in [3.8, 4) is 5.75 Å². The van der Waals surface area contributed by atoms with Crippen molar-refractivity contribution in [1.29, 1.82) is 0 Å². The molecule has 1 N–H and O–H groups in total. The molecular weight excluding hydrogens is 330 g/mol. The Balaban J connectivity index is 1.98. The molecule has 3 aromatic rings. The number of rotatable bonds is 5. The number of hydrogen-bond acceptors (Lipinski definition) is 4. The van der Waals surface area contributed by atoms with Crippen molar-refractivity contribution in [1.82, 2.24) is 9.55 Å². The molecule has 1 unspecified atom stereocenters. The molecule has 2 aromatic carbocycles. The van der Waals surface area contributed by atoms with Gasteiger partial charge in [0.2, 0.25) is 5.91 Å². The number of fused-ring (bicyclic) bond motifs is 1. The largest absolute Gasteiger partial charge is 0.497 e. The predicted octanol–water partition coefficient (Wildman–Crippen LogP) is 3.24. The third-order valence-electron chi connectivity index (χ3n) is 4.23. The highest BCUT2D eigenvalue weighted by Gasteiger charge is 2.26. The first-order valence-electron chi connectivity index (χ1n) is 8.42. The second-order valence-corrected chi connectivity index (χ2v) is 6.38. The average Bonchev–Trinajstić information content (AvgIpc) is 2.64. The number of methoxy groups -OCH3 is 1. The summed E-state index contributed by atoms with van der Waals surface area (Å²) in [5, 5.41) is 3.36. The number of ether oxygens (including phenoxy) is 1. The minimum absolute atomic E-state index is 0.0960. The van der Waals surface area contributed by atoms with Crippen LogP contribution in [-0.4, -0.2) is 22.6 Å². The van der Waals surface area contributed by atoms with Crippen LogP contribution in [0, 0.1) is 5.92 Å². The van der Waals surface area contributed by atoms with E-state index in [4.69, 9.17) is 4.74 Å². The number of benzene rings is 2. The van der Waals surface area contributed by atoms with E-state index in [0.29, 0.717) is 22.3 Å². The van der Waals surface area contributed by atoms with E-state index < -0.39 is 6.04 Å². The molecule has 1 heterocycles. The van der Waals surface area contributed by atoms with Crippen LogP contribution < -0.4 is 15.6 Å². The van der Waals surface area contributed by atoms with Crippen molar-refractivity contribution in [2.24, 2.45) is 5.92 Å². The van der Waals surface area contributed by atoms with Gasteiger partial charge in [0.15, 0.2) is 0 Å². The zero-order valence-electron chi connectivity index (χ0n) is 15.0. The number of carbonyl (C=O) groups is 1. The van der Waals surface area contributed by atoms with Crippen molar-refractivity contribution < 1.29 is 9.53 Å². The molecule has 26 heavy (non-hydrogen) atoms. The summed E-state index contributed by atoms with van der Waals surface area (Å²) in [6.45, 7) is 3.80. The van der Waals surface area contributed by atoms with Gasteiger partial charge in [0.05, 0.1) is 24.3 Å². The minimum atomic E-state index is -0.675. The number of nitrogens with zero attached hydrogens (tertiary/aromatic N) is 2. The van der Waals surface area contributed by atoms with Crippen LogP contribution in [0.5, 0.6) is 5.75 Å². The van der Waals surface area contributed by atoms with Crippen molar-refractivity contribution in [2.75, 3.05) is 12.4 Å². The Morgan fingerprint density at radius 2 is 1.92 bits per heavy atom. The zero-order chi connectivity index (χ0) is 18.7. The van der Waals surface area contributed by atoms with E-state index in [2.05, 4.69) is 10.3 Å². The molecule has 6 heteroatoms. The van der Waals surface area contributed by atoms with Gasteiger partial charge in [0, 0.05) is 11.8 Å². The third kappa shape index (κ3) is 3.44. The molecule has 0 saturated heterocycles. The van der Waals surface area contributed by atoms with Crippen LogP contribution >= 0.6 is 0 Å². The van der Waals surface area contributed by atoms with Gasteiger partial charge in [-0.25, -0.2) is 4.98 Å². The van der Waals surface area contributed by atoms with Crippen LogP contribution in [0.4, 0.5) is 5.69 Å². The molecule has 134 valence electrons. The minimum Gasteiger partial charge on any atom is -0.497 e. The molecule has 0 saturated carbocycles. The maximum Gasteiger partial charge on any atom is 0.261 e. The summed E-state index contributed by atoms with van der Waals surface area (Å²) in [5.41, 5.74) is 1.00. The summed E-state index contributed by atoms with van der Waals surface area (Å²) >= 11 is 0. The van der Waals surface area contributed by atoms with Crippen molar-refractivity contribution in [3.63, 3.8) is 0 Å². The maximum atomic E-state index is 12.9. The van der Waals surface area contributed by atoms with Crippen LogP contribution in [-0.2, 0) is 4.79 Å². The van der Waals surface area contributed by atoms with Crippen molar-refractivity contribution >= 4 is 22.5 Å². The number of amides is 1. The average molecular weight is 351 g/mol. The molecule has 0 aliphatic heterocycles. The standard InChI is InChI=1S/C20H21N3O3/c1-13(2)18(19(24)22-14-7-6-8-15(11-14)26-3)23-12-21-17-10-5-4-9-16(17)20(23)25/h4-13,18H,1-3H3,(H,22,24). The molecule has 3 rings (SSSR count). The van der Waals surface area contributed by atoms with Crippen LogP contribution in [0.2, 0.25) is 0 Å². The zero-order valence-corrected chi connectivity index (χ0v) is 15.0. The Morgan fingerprint density at radius 1 is 1.15 bits per heavy atom. The van der Waals surface area contributed by atoms with Crippen LogP contribution in [0.25, 0.3) is 10.9 Å². The maximum absolute atomic E-state index is 12.9. The van der Waals surface area contributed by atoms with E-state index >= 15 is 0 Å². The molecule has 1 amide bonds. The second kappa shape index (κ2) is 7.39. The summed E-state index contributed by atoms with van der Waals surface area (Å²) < 4.78 is 6.59. The SMILES string of the molecule is COc1cccc(NC(=O)C(C(C)C)n2cnc3ccccc3c2=O)c1. The first-order chi connectivity index (χ1) is 12.5. The highest BCUT2D eigenvalue weighted by Crippen LogP contribution is 2.22. The van der Waals surface area contributed by atoms with Crippen LogP contribution in [0.3, 0.4) is 0 Å². The number of aromatic nitrogens is 2. The number of anilines is 1. The lowest BCUT2D eigenvalue weighted by Crippen LogP contribution is -2.36. The molecule has 1 aromatic heterocycles. The highest BCUT2D eigenvalue weighted by atomic mass is 16.5. The number of para-hydroxylation sites is 1. The number of carbonyl (C=O) groups excluding carboxylic acids is 1. The topological polar surface area (TPSA) is 73.2 Å². The van der Waals surface area contributed by atoms with E-state index in [1.54, 1.807) is 49.6 Å². The molecule has 6 nitrogen and oxygen atoms in total. The molecule has 0 spiro atoms. The Morgan fingerprint density at radius 3 is 2.65 bits per heavy atom. The molecule has 0 fully saturated rings. The van der Waals surface area contributed by atoms with Crippen molar-refractivity contribution in [2.45, 2.75) is 19.9 Å². The Bertz CT molecular complexity index is 995. The third-order valence-corrected chi connectivity index (χ3v) is 4.23. The van der Waals surface area contributed by atoms with E-state index in [-0.39, 0.29) is 17.4 Å². The van der Waals surface area contributed by atoms with Gasteiger partial charge in [-0.15, -0.1) is 0 Å². The van der Waals surface area contributed by atoms with Crippen molar-refractivity contribution in [3.05, 3.63) is 65.2 Å². The Kier molecular flexibility index (Phi) is 5.02. The van der Waals surface area contributed by atoms with Crippen LogP contribution in [0.1, 0.15) is 19.9 Å². The molecule has 0 radical (unpaired) electrons. The number of nitrogens with one attached hydrogen (secondary N) is 1. The van der Waals surface area contributed by atoms with Gasteiger partial charge in [-0.3, -0.25) is 14.2 Å². The van der Waals surface area contributed by atoms with Gasteiger partial charge in [-0.2, -0.15) is 0 Å². The quantitative estimate of drug-likeness (QED) is 0.766. The van der Waals surface area contributed by atoms with E-state index in [9.17, 15) is 9.59 Å². The molecule has 0 bridgehead atoms. The fraction of sp³-hybridized carbons (Fsp3) is 0.250. The van der Waals surface area contributed by atoms with E-state index in [1.165, 1.54) is 10.9 Å². The van der Waals surface area contributed by atoms with E-state index in [1.807, 2.05) is 19.9 Å². The smallest absolute Gasteiger partial charge is 0.261 e. The molecular formula is C20H21N3O3. The van der Waals surface area contributed by atoms with Gasteiger partial charge in [-0.05, 0) is 30.2 Å². The molecule has 0 aliphatic rings. The van der Waals surface area contributed by atoms with Gasteiger partial charge in [0.1, 0.15) is 11.8 Å². The van der Waals surface area contributed by atoms with E-state index in [0.717, 1.165) is 0 Å².